The first-order valence-electron chi connectivity index (χ1n) is 11.9. The highest BCUT2D eigenvalue weighted by Crippen LogP contribution is 2.41. The Morgan fingerprint density at radius 2 is 1.92 bits per heavy atom. The summed E-state index contributed by atoms with van der Waals surface area (Å²) in [5.74, 6) is -0.296. The number of carbonyl (C=O) groups excluding carboxylic acids is 1. The number of ether oxygens (including phenoxy) is 1. The lowest BCUT2D eigenvalue weighted by Crippen LogP contribution is -2.13. The molecule has 0 unspecified atom stereocenters. The molecule has 4 rings (SSSR count). The van der Waals surface area contributed by atoms with E-state index >= 15 is 0 Å². The summed E-state index contributed by atoms with van der Waals surface area (Å²) in [4.78, 5) is 22.5. The fourth-order valence-electron chi connectivity index (χ4n) is 4.03. The molecule has 1 aromatic carbocycles. The lowest BCUT2D eigenvalue weighted by atomic mass is 9.98. The third kappa shape index (κ3) is 5.66. The van der Waals surface area contributed by atoms with E-state index in [1.165, 1.54) is 0 Å². The fourth-order valence-corrected chi connectivity index (χ4v) is 6.55. The summed E-state index contributed by atoms with van der Waals surface area (Å²) >= 11 is 1.06. The minimum Gasteiger partial charge on any atom is -0.462 e. The third-order valence-corrected chi connectivity index (χ3v) is 8.40. The standard InChI is InChI=1S/C26H30N4O4S2/c1-4-5-13-34-25(31)23-21(14-17(2)3)35-26(36(27,32)33)22(23)19-10-8-18(9-11-19)15-30-16-29-24-20(30)7-6-12-28-24/h6-12,16-17H,4-5,13-15H2,1-3H3,(H2,27,32,33). The molecule has 0 atom stereocenters. The molecule has 0 amide bonds. The number of rotatable bonds is 10. The second-order valence-corrected chi connectivity index (χ2v) is 12.0. The zero-order valence-electron chi connectivity index (χ0n) is 20.6. The summed E-state index contributed by atoms with van der Waals surface area (Å²) < 4.78 is 32.7. The van der Waals surface area contributed by atoms with E-state index in [0.29, 0.717) is 40.2 Å². The van der Waals surface area contributed by atoms with Gasteiger partial charge in [-0.2, -0.15) is 0 Å². The largest absolute Gasteiger partial charge is 0.462 e. The maximum Gasteiger partial charge on any atom is 0.339 e. The number of imidazole rings is 1. The quantitative estimate of drug-likeness (QED) is 0.229. The number of pyridine rings is 1. The van der Waals surface area contributed by atoms with Crippen molar-refractivity contribution in [2.24, 2.45) is 11.1 Å². The molecule has 0 radical (unpaired) electrons. The van der Waals surface area contributed by atoms with Gasteiger partial charge in [-0.05, 0) is 42.0 Å². The molecule has 0 aliphatic carbocycles. The number of primary sulfonamides is 1. The first-order chi connectivity index (χ1) is 17.2. The first-order valence-corrected chi connectivity index (χ1v) is 14.3. The zero-order valence-corrected chi connectivity index (χ0v) is 22.2. The van der Waals surface area contributed by atoms with Crippen molar-refractivity contribution in [1.29, 1.82) is 0 Å². The highest BCUT2D eigenvalue weighted by atomic mass is 32.2. The number of thiophene rings is 1. The number of hydrogen-bond donors (Lipinski definition) is 1. The molecule has 0 fully saturated rings. The Balaban J connectivity index is 1.75. The highest BCUT2D eigenvalue weighted by Gasteiger charge is 2.30. The number of aromatic nitrogens is 3. The summed E-state index contributed by atoms with van der Waals surface area (Å²) in [5.41, 5.74) is 3.81. The van der Waals surface area contributed by atoms with Crippen LogP contribution in [0.5, 0.6) is 0 Å². The van der Waals surface area contributed by atoms with Gasteiger partial charge in [-0.15, -0.1) is 11.3 Å². The van der Waals surface area contributed by atoms with Crippen LogP contribution >= 0.6 is 11.3 Å². The number of esters is 1. The Morgan fingerprint density at radius 1 is 1.17 bits per heavy atom. The fraction of sp³-hybridized carbons (Fsp3) is 0.346. The van der Waals surface area contributed by atoms with Gasteiger partial charge >= 0.3 is 5.97 Å². The van der Waals surface area contributed by atoms with Gasteiger partial charge in [0.1, 0.15) is 4.21 Å². The van der Waals surface area contributed by atoms with Crippen molar-refractivity contribution >= 4 is 38.5 Å². The van der Waals surface area contributed by atoms with E-state index < -0.39 is 16.0 Å². The van der Waals surface area contributed by atoms with Gasteiger partial charge < -0.3 is 9.30 Å². The van der Waals surface area contributed by atoms with E-state index in [4.69, 9.17) is 9.88 Å². The molecule has 0 aliphatic heterocycles. The SMILES string of the molecule is CCCCOC(=O)c1c(CC(C)C)sc(S(N)(=O)=O)c1-c1ccc(Cn2cnc3ncccc32)cc1. The summed E-state index contributed by atoms with van der Waals surface area (Å²) in [6.07, 6.45) is 5.61. The van der Waals surface area contributed by atoms with Gasteiger partial charge in [0.2, 0.25) is 10.0 Å². The lowest BCUT2D eigenvalue weighted by molar-refractivity contribution is 0.0500. The van der Waals surface area contributed by atoms with Crippen molar-refractivity contribution in [2.75, 3.05) is 6.61 Å². The third-order valence-electron chi connectivity index (χ3n) is 5.73. The van der Waals surface area contributed by atoms with Crippen LogP contribution in [0.3, 0.4) is 0 Å². The van der Waals surface area contributed by atoms with Gasteiger partial charge in [-0.1, -0.05) is 51.5 Å². The number of unbranched alkanes of at least 4 members (excludes halogenated alkanes) is 1. The first kappa shape index (κ1) is 26.0. The van der Waals surface area contributed by atoms with E-state index in [9.17, 15) is 13.2 Å². The minimum atomic E-state index is -4.06. The number of nitrogens with two attached hydrogens (primary N) is 1. The average molecular weight is 527 g/mol. The van der Waals surface area contributed by atoms with Crippen molar-refractivity contribution in [2.45, 2.75) is 50.8 Å². The number of fused-ring (bicyclic) bond motifs is 1. The Labute approximate surface area is 215 Å². The van der Waals surface area contributed by atoms with E-state index in [-0.39, 0.29) is 16.7 Å². The van der Waals surface area contributed by atoms with Gasteiger partial charge in [-0.25, -0.2) is 28.3 Å². The summed E-state index contributed by atoms with van der Waals surface area (Å²) in [6.45, 7) is 6.90. The Morgan fingerprint density at radius 3 is 2.58 bits per heavy atom. The second kappa shape index (κ2) is 10.9. The predicted molar refractivity (Wildman–Crippen MR) is 141 cm³/mol. The molecule has 0 saturated heterocycles. The Bertz CT molecular complexity index is 1470. The van der Waals surface area contributed by atoms with Crippen molar-refractivity contribution < 1.29 is 17.9 Å². The molecule has 3 heterocycles. The maximum atomic E-state index is 13.2. The van der Waals surface area contributed by atoms with Crippen molar-refractivity contribution in [3.8, 4) is 11.1 Å². The molecule has 0 bridgehead atoms. The molecule has 3 aromatic heterocycles. The molecular weight excluding hydrogens is 496 g/mol. The van der Waals surface area contributed by atoms with Gasteiger partial charge in [0.25, 0.3) is 0 Å². The van der Waals surface area contributed by atoms with Crippen molar-refractivity contribution in [3.05, 3.63) is 64.9 Å². The van der Waals surface area contributed by atoms with Crippen LogP contribution in [0.25, 0.3) is 22.3 Å². The Kier molecular flexibility index (Phi) is 7.87. The number of carbonyl (C=O) groups is 1. The van der Waals surface area contributed by atoms with Gasteiger partial charge in [0, 0.05) is 23.2 Å². The number of sulfonamides is 1. The summed E-state index contributed by atoms with van der Waals surface area (Å²) in [6, 6.07) is 11.3. The van der Waals surface area contributed by atoms with Crippen molar-refractivity contribution in [3.63, 3.8) is 0 Å². The summed E-state index contributed by atoms with van der Waals surface area (Å²) in [7, 11) is -4.06. The molecule has 36 heavy (non-hydrogen) atoms. The second-order valence-electron chi connectivity index (χ2n) is 9.11. The van der Waals surface area contributed by atoms with Crippen LogP contribution in [0.4, 0.5) is 0 Å². The highest BCUT2D eigenvalue weighted by molar-refractivity contribution is 7.91. The van der Waals surface area contributed by atoms with Crippen LogP contribution < -0.4 is 5.14 Å². The maximum absolute atomic E-state index is 13.2. The zero-order chi connectivity index (χ0) is 25.9. The molecule has 4 aromatic rings. The van der Waals surface area contributed by atoms with E-state index in [1.807, 2.05) is 61.7 Å². The molecule has 8 nitrogen and oxygen atoms in total. The number of nitrogens with zero attached hydrogens (tertiary/aromatic N) is 3. The smallest absolute Gasteiger partial charge is 0.339 e. The van der Waals surface area contributed by atoms with Crippen LogP contribution in [-0.2, 0) is 27.7 Å². The van der Waals surface area contributed by atoms with Gasteiger partial charge in [0.05, 0.1) is 24.0 Å². The number of hydrogen-bond acceptors (Lipinski definition) is 7. The lowest BCUT2D eigenvalue weighted by Gasteiger charge is -2.11. The van der Waals surface area contributed by atoms with E-state index in [1.54, 1.807) is 12.5 Å². The molecule has 0 aliphatic rings. The van der Waals surface area contributed by atoms with Gasteiger partial charge in [-0.3, -0.25) is 0 Å². The van der Waals surface area contributed by atoms with E-state index in [2.05, 4.69) is 9.97 Å². The topological polar surface area (TPSA) is 117 Å². The van der Waals surface area contributed by atoms with Crippen LogP contribution in [0.15, 0.2) is 53.1 Å². The average Bonchev–Trinajstić information content (AvgIpc) is 3.41. The Hall–Kier alpha value is -3.08. The molecule has 2 N–H and O–H groups in total. The molecule has 10 heteroatoms. The molecular formula is C26H30N4O4S2. The van der Waals surface area contributed by atoms with Crippen LogP contribution in [0.2, 0.25) is 0 Å². The number of benzene rings is 1. The van der Waals surface area contributed by atoms with Crippen LogP contribution in [0, 0.1) is 5.92 Å². The molecule has 0 saturated carbocycles. The van der Waals surface area contributed by atoms with Crippen molar-refractivity contribution in [1.82, 2.24) is 14.5 Å². The summed E-state index contributed by atoms with van der Waals surface area (Å²) in [5, 5.41) is 5.62. The van der Waals surface area contributed by atoms with Gasteiger partial charge in [0.15, 0.2) is 5.65 Å². The molecule has 190 valence electrons. The predicted octanol–water partition coefficient (Wildman–Crippen LogP) is 5.01. The minimum absolute atomic E-state index is 0.0139. The molecule has 0 spiro atoms. The van der Waals surface area contributed by atoms with E-state index in [0.717, 1.165) is 35.3 Å². The monoisotopic (exact) mass is 526 g/mol. The normalized spacial score (nSPS) is 11.9. The van der Waals surface area contributed by atoms with Crippen LogP contribution in [0.1, 0.15) is 54.4 Å². The van der Waals surface area contributed by atoms with Crippen LogP contribution in [-0.4, -0.2) is 35.5 Å².